The van der Waals surface area contributed by atoms with Crippen molar-refractivity contribution >= 4 is 11.8 Å². The third-order valence-corrected chi connectivity index (χ3v) is 5.07. The Bertz CT molecular complexity index is 225. The van der Waals surface area contributed by atoms with Gasteiger partial charge in [0.1, 0.15) is 0 Å². The van der Waals surface area contributed by atoms with Crippen LogP contribution in [0.25, 0.3) is 0 Å². The number of nitrogens with one attached hydrogen (secondary N) is 1. The van der Waals surface area contributed by atoms with E-state index < -0.39 is 0 Å². The fourth-order valence-corrected chi connectivity index (χ4v) is 3.64. The predicted molar refractivity (Wildman–Crippen MR) is 84.6 cm³/mol. The minimum atomic E-state index is 0.262. The Morgan fingerprint density at radius 3 is 2.72 bits per heavy atom. The zero-order valence-corrected chi connectivity index (χ0v) is 13.8. The molecule has 1 heterocycles. The van der Waals surface area contributed by atoms with E-state index in [1.54, 1.807) is 0 Å². The smallest absolute Gasteiger partial charge is 0.0172 e. The van der Waals surface area contributed by atoms with Crippen molar-refractivity contribution in [2.45, 2.75) is 70.7 Å². The van der Waals surface area contributed by atoms with Crippen LogP contribution in [0.1, 0.15) is 53.9 Å². The molecule has 3 heteroatoms. The van der Waals surface area contributed by atoms with Crippen molar-refractivity contribution in [2.24, 2.45) is 0 Å². The van der Waals surface area contributed by atoms with Crippen LogP contribution in [0.3, 0.4) is 0 Å². The van der Waals surface area contributed by atoms with Gasteiger partial charge in [-0.2, -0.15) is 11.8 Å². The largest absolute Gasteiger partial charge is 0.312 e. The van der Waals surface area contributed by atoms with E-state index in [9.17, 15) is 0 Å². The number of rotatable bonds is 6. The van der Waals surface area contributed by atoms with Crippen LogP contribution in [0.4, 0.5) is 0 Å². The molecule has 2 nitrogen and oxygen atoms in total. The predicted octanol–water partition coefficient (Wildman–Crippen LogP) is 3.37. The summed E-state index contributed by atoms with van der Waals surface area (Å²) in [6.07, 6.45) is 3.93. The molecule has 0 aliphatic carbocycles. The molecule has 1 saturated heterocycles. The van der Waals surface area contributed by atoms with Gasteiger partial charge in [0.25, 0.3) is 0 Å². The van der Waals surface area contributed by atoms with E-state index in [1.165, 1.54) is 38.1 Å². The number of hydrogen-bond acceptors (Lipinski definition) is 3. The molecular formula is C15H32N2S. The van der Waals surface area contributed by atoms with E-state index in [-0.39, 0.29) is 5.54 Å². The van der Waals surface area contributed by atoms with Crippen LogP contribution in [-0.4, -0.2) is 47.1 Å². The molecule has 2 atom stereocenters. The Morgan fingerprint density at radius 1 is 1.39 bits per heavy atom. The average Bonchev–Trinajstić information content (AvgIpc) is 2.33. The van der Waals surface area contributed by atoms with Gasteiger partial charge in [-0.25, -0.2) is 0 Å². The van der Waals surface area contributed by atoms with Crippen molar-refractivity contribution in [1.29, 1.82) is 0 Å². The van der Waals surface area contributed by atoms with Gasteiger partial charge in [0.15, 0.2) is 0 Å². The second-order valence-electron chi connectivity index (χ2n) is 6.56. The van der Waals surface area contributed by atoms with Crippen molar-refractivity contribution < 1.29 is 0 Å². The molecule has 2 unspecified atom stereocenters. The summed E-state index contributed by atoms with van der Waals surface area (Å²) in [4.78, 5) is 2.70. The molecule has 0 bridgehead atoms. The van der Waals surface area contributed by atoms with Crippen LogP contribution >= 0.6 is 11.8 Å². The second kappa shape index (κ2) is 7.76. The van der Waals surface area contributed by atoms with E-state index in [0.717, 1.165) is 17.8 Å². The van der Waals surface area contributed by atoms with Gasteiger partial charge in [0.2, 0.25) is 0 Å². The van der Waals surface area contributed by atoms with Crippen molar-refractivity contribution in [3.63, 3.8) is 0 Å². The number of hydrogen-bond donors (Lipinski definition) is 1. The quantitative estimate of drug-likeness (QED) is 0.746. The Kier molecular flexibility index (Phi) is 7.04. The Hall–Kier alpha value is 0.270. The Labute approximate surface area is 118 Å². The van der Waals surface area contributed by atoms with Crippen LogP contribution in [0.2, 0.25) is 0 Å². The van der Waals surface area contributed by atoms with Crippen LogP contribution in [0, 0.1) is 0 Å². The molecule has 1 rings (SSSR count). The standard InChI is InChI=1S/C15H32N2S/c1-6-14-12-17(10-11-18-14)13(2)8-7-9-16-15(3,4)5/h13-14,16H,6-12H2,1-5H3. The first-order chi connectivity index (χ1) is 8.42. The summed E-state index contributed by atoms with van der Waals surface area (Å²) >= 11 is 2.16. The maximum atomic E-state index is 3.58. The maximum Gasteiger partial charge on any atom is 0.0172 e. The summed E-state index contributed by atoms with van der Waals surface area (Å²) in [5.74, 6) is 1.32. The van der Waals surface area contributed by atoms with E-state index in [2.05, 4.69) is 56.6 Å². The fourth-order valence-electron chi connectivity index (χ4n) is 2.43. The Morgan fingerprint density at radius 2 is 2.11 bits per heavy atom. The highest BCUT2D eigenvalue weighted by atomic mass is 32.2. The second-order valence-corrected chi connectivity index (χ2v) is 7.97. The molecule has 1 fully saturated rings. The molecular weight excluding hydrogens is 240 g/mol. The van der Waals surface area contributed by atoms with Gasteiger partial charge in [-0.05, 0) is 53.5 Å². The highest BCUT2D eigenvalue weighted by Crippen LogP contribution is 2.23. The number of thioether (sulfide) groups is 1. The minimum absolute atomic E-state index is 0.262. The van der Waals surface area contributed by atoms with Gasteiger partial charge < -0.3 is 5.32 Å². The first-order valence-corrected chi connectivity index (χ1v) is 8.58. The van der Waals surface area contributed by atoms with Crippen molar-refractivity contribution in [3.8, 4) is 0 Å². The minimum Gasteiger partial charge on any atom is -0.312 e. The van der Waals surface area contributed by atoms with Gasteiger partial charge >= 0.3 is 0 Å². The van der Waals surface area contributed by atoms with E-state index in [1.807, 2.05) is 0 Å². The van der Waals surface area contributed by atoms with Crippen LogP contribution in [0.15, 0.2) is 0 Å². The lowest BCUT2D eigenvalue weighted by atomic mass is 10.1. The van der Waals surface area contributed by atoms with E-state index in [4.69, 9.17) is 0 Å². The van der Waals surface area contributed by atoms with Gasteiger partial charge in [0.05, 0.1) is 0 Å². The SMILES string of the molecule is CCC1CN(C(C)CCCNC(C)(C)C)CCS1. The summed E-state index contributed by atoms with van der Waals surface area (Å²) in [5, 5.41) is 4.45. The Balaban J connectivity index is 2.17. The average molecular weight is 273 g/mol. The molecule has 18 heavy (non-hydrogen) atoms. The highest BCUT2D eigenvalue weighted by Gasteiger charge is 2.22. The van der Waals surface area contributed by atoms with Crippen molar-refractivity contribution in [3.05, 3.63) is 0 Å². The topological polar surface area (TPSA) is 15.3 Å². The van der Waals surface area contributed by atoms with Crippen LogP contribution < -0.4 is 5.32 Å². The van der Waals surface area contributed by atoms with Gasteiger partial charge in [0, 0.05) is 35.7 Å². The van der Waals surface area contributed by atoms with Crippen molar-refractivity contribution in [2.75, 3.05) is 25.4 Å². The molecule has 0 aromatic rings. The van der Waals surface area contributed by atoms with E-state index in [0.29, 0.717) is 0 Å². The molecule has 0 aromatic carbocycles. The highest BCUT2D eigenvalue weighted by molar-refractivity contribution is 8.00. The summed E-state index contributed by atoms with van der Waals surface area (Å²) in [5.41, 5.74) is 0.262. The van der Waals surface area contributed by atoms with Gasteiger partial charge in [-0.15, -0.1) is 0 Å². The van der Waals surface area contributed by atoms with Crippen LogP contribution in [0.5, 0.6) is 0 Å². The van der Waals surface area contributed by atoms with Gasteiger partial charge in [-0.3, -0.25) is 4.90 Å². The maximum absolute atomic E-state index is 3.58. The molecule has 0 radical (unpaired) electrons. The zero-order chi connectivity index (χ0) is 13.6. The van der Waals surface area contributed by atoms with Gasteiger partial charge in [-0.1, -0.05) is 6.92 Å². The normalized spacial score (nSPS) is 24.2. The third kappa shape index (κ3) is 6.44. The lowest BCUT2D eigenvalue weighted by Crippen LogP contribution is -2.43. The summed E-state index contributed by atoms with van der Waals surface area (Å²) in [6, 6.07) is 0.752. The molecule has 1 N–H and O–H groups in total. The number of nitrogens with zero attached hydrogens (tertiary/aromatic N) is 1. The van der Waals surface area contributed by atoms with E-state index >= 15 is 0 Å². The molecule has 1 aliphatic heterocycles. The third-order valence-electron chi connectivity index (χ3n) is 3.70. The monoisotopic (exact) mass is 272 g/mol. The van der Waals surface area contributed by atoms with Crippen molar-refractivity contribution in [1.82, 2.24) is 10.2 Å². The molecule has 0 aromatic heterocycles. The summed E-state index contributed by atoms with van der Waals surface area (Å²) < 4.78 is 0. The molecule has 0 saturated carbocycles. The summed E-state index contributed by atoms with van der Waals surface area (Å²) in [7, 11) is 0. The fraction of sp³-hybridized carbons (Fsp3) is 1.00. The first-order valence-electron chi connectivity index (χ1n) is 7.53. The molecule has 0 spiro atoms. The molecule has 1 aliphatic rings. The lowest BCUT2D eigenvalue weighted by molar-refractivity contribution is 0.201. The molecule has 0 amide bonds. The van der Waals surface area contributed by atoms with Crippen LogP contribution in [-0.2, 0) is 0 Å². The lowest BCUT2D eigenvalue weighted by Gasteiger charge is -2.36. The summed E-state index contributed by atoms with van der Waals surface area (Å²) in [6.45, 7) is 15.2. The first kappa shape index (κ1) is 16.3. The molecule has 108 valence electrons. The zero-order valence-electron chi connectivity index (χ0n) is 13.0.